The summed E-state index contributed by atoms with van der Waals surface area (Å²) in [6, 6.07) is 20.1. The van der Waals surface area contributed by atoms with Crippen molar-refractivity contribution in [2.75, 3.05) is 41.4 Å². The molecule has 2 unspecified atom stereocenters. The van der Waals surface area contributed by atoms with Gasteiger partial charge in [-0.15, -0.1) is 0 Å². The van der Waals surface area contributed by atoms with Gasteiger partial charge in [-0.05, 0) is 110 Å². The summed E-state index contributed by atoms with van der Waals surface area (Å²) in [4.78, 5) is 4.64. The van der Waals surface area contributed by atoms with Crippen molar-refractivity contribution < 1.29 is 29.2 Å². The standard InChI is InChI=1S/C36H38N2O6/c1-37-13-11-23-18-32(42-4)34-20-26(23)28(37)16-22-7-10-31(41-3)33(17-22)43-24-8-5-21(6-9-24)15-29-27-19-30(39)35(40)36(44-34)25(27)12-14-38(29)2/h5-10,17-20,28-29,39-40H,11-16H2,1-4H3. The number of phenolic OH excluding ortho intramolecular Hbond substituents is 2. The van der Waals surface area contributed by atoms with Gasteiger partial charge in [0, 0.05) is 30.7 Å². The zero-order valence-corrected chi connectivity index (χ0v) is 25.6. The smallest absolute Gasteiger partial charge is 0.201 e. The van der Waals surface area contributed by atoms with Gasteiger partial charge in [-0.3, -0.25) is 9.80 Å². The minimum absolute atomic E-state index is 0.0262. The second-order valence-corrected chi connectivity index (χ2v) is 12.1. The lowest BCUT2D eigenvalue weighted by Crippen LogP contribution is -2.34. The van der Waals surface area contributed by atoms with Gasteiger partial charge >= 0.3 is 0 Å². The summed E-state index contributed by atoms with van der Waals surface area (Å²) >= 11 is 0. The lowest BCUT2D eigenvalue weighted by atomic mass is 9.87. The molecular weight excluding hydrogens is 556 g/mol. The van der Waals surface area contributed by atoms with Gasteiger partial charge < -0.3 is 29.2 Å². The molecule has 2 N–H and O–H groups in total. The normalized spacial score (nSPS) is 19.6. The van der Waals surface area contributed by atoms with Crippen LogP contribution in [-0.2, 0) is 25.7 Å². The number of fused-ring (bicyclic) bond motifs is 2. The molecule has 8 rings (SSSR count). The highest BCUT2D eigenvalue weighted by Gasteiger charge is 2.33. The lowest BCUT2D eigenvalue weighted by Gasteiger charge is -2.36. The molecule has 0 amide bonds. The molecule has 4 heterocycles. The fraction of sp³-hybridized carbons (Fsp3) is 0.333. The van der Waals surface area contributed by atoms with Crippen molar-refractivity contribution in [3.8, 4) is 46.0 Å². The molecule has 4 aromatic carbocycles. The largest absolute Gasteiger partial charge is 0.504 e. The van der Waals surface area contributed by atoms with Crippen LogP contribution in [-0.4, -0.2) is 61.4 Å². The molecule has 0 fully saturated rings. The first-order chi connectivity index (χ1) is 21.3. The van der Waals surface area contributed by atoms with Crippen LogP contribution in [0.25, 0.3) is 0 Å². The zero-order valence-electron chi connectivity index (χ0n) is 25.6. The molecule has 228 valence electrons. The molecule has 0 saturated carbocycles. The minimum Gasteiger partial charge on any atom is -0.504 e. The maximum absolute atomic E-state index is 11.2. The minimum atomic E-state index is -0.251. The summed E-state index contributed by atoms with van der Waals surface area (Å²) < 4.78 is 24.5. The van der Waals surface area contributed by atoms with E-state index in [1.807, 2.05) is 24.3 Å². The number of hydrogen-bond acceptors (Lipinski definition) is 8. The third-order valence-corrected chi connectivity index (χ3v) is 9.48. The second-order valence-electron chi connectivity index (χ2n) is 12.1. The molecule has 0 aromatic heterocycles. The first kappa shape index (κ1) is 28.4. The Hall–Kier alpha value is -4.40. The van der Waals surface area contributed by atoms with Crippen molar-refractivity contribution in [1.82, 2.24) is 9.80 Å². The van der Waals surface area contributed by atoms with Crippen LogP contribution >= 0.6 is 0 Å². The van der Waals surface area contributed by atoms with Crippen LogP contribution in [0.2, 0.25) is 0 Å². The van der Waals surface area contributed by atoms with E-state index in [0.717, 1.165) is 59.5 Å². The number of likely N-dealkylation sites (N-methyl/N-ethyl adjacent to an activating group) is 2. The third kappa shape index (κ3) is 4.98. The molecule has 8 nitrogen and oxygen atoms in total. The zero-order chi connectivity index (χ0) is 30.5. The predicted octanol–water partition coefficient (Wildman–Crippen LogP) is 6.56. The Morgan fingerprint density at radius 3 is 2.11 bits per heavy atom. The molecular formula is C36H38N2O6. The number of nitrogens with zero attached hydrogens (tertiary/aromatic N) is 2. The van der Waals surface area contributed by atoms with Gasteiger partial charge in [0.15, 0.2) is 34.5 Å². The van der Waals surface area contributed by atoms with Gasteiger partial charge in [0.1, 0.15) is 5.75 Å². The van der Waals surface area contributed by atoms with E-state index in [0.29, 0.717) is 41.6 Å². The van der Waals surface area contributed by atoms with Crippen molar-refractivity contribution in [3.05, 3.63) is 94.0 Å². The van der Waals surface area contributed by atoms with E-state index >= 15 is 0 Å². The molecule has 4 aromatic rings. The highest BCUT2D eigenvalue weighted by atomic mass is 16.5. The van der Waals surface area contributed by atoms with Crippen LogP contribution in [0.15, 0.2) is 60.7 Å². The van der Waals surface area contributed by atoms with Crippen LogP contribution in [0.5, 0.6) is 46.0 Å². The average Bonchev–Trinajstić information content (AvgIpc) is 3.02. The monoisotopic (exact) mass is 594 g/mol. The van der Waals surface area contributed by atoms with Gasteiger partial charge in [0.2, 0.25) is 5.75 Å². The number of ether oxygens (including phenoxy) is 4. The molecule has 0 saturated heterocycles. The Morgan fingerprint density at radius 2 is 1.36 bits per heavy atom. The SMILES string of the molecule is COc1ccc2cc1Oc1ccc(cc1)CC1c3cc(O)c(O)c(c3CCN1C)Oc1cc3c(cc1OC)CCN(C)C3C2. The summed E-state index contributed by atoms with van der Waals surface area (Å²) in [5.74, 6) is 3.03. The number of phenols is 2. The van der Waals surface area contributed by atoms with E-state index in [2.05, 4.69) is 54.2 Å². The summed E-state index contributed by atoms with van der Waals surface area (Å²) in [5, 5.41) is 22.1. The van der Waals surface area contributed by atoms with Crippen LogP contribution in [0.3, 0.4) is 0 Å². The number of hydrogen-bond donors (Lipinski definition) is 2. The molecule has 8 heteroatoms. The van der Waals surface area contributed by atoms with Crippen molar-refractivity contribution in [1.29, 1.82) is 0 Å². The molecule has 0 aliphatic carbocycles. The Kier molecular flexibility index (Phi) is 7.26. The average molecular weight is 595 g/mol. The third-order valence-electron chi connectivity index (χ3n) is 9.48. The molecule has 4 aliphatic heterocycles. The summed E-state index contributed by atoms with van der Waals surface area (Å²) in [6.45, 7) is 1.69. The Balaban J connectivity index is 1.43. The van der Waals surface area contributed by atoms with Gasteiger partial charge in [0.25, 0.3) is 0 Å². The molecule has 44 heavy (non-hydrogen) atoms. The summed E-state index contributed by atoms with van der Waals surface area (Å²) in [6.07, 6.45) is 3.01. The quantitative estimate of drug-likeness (QED) is 0.253. The van der Waals surface area contributed by atoms with Gasteiger partial charge in [-0.1, -0.05) is 18.2 Å². The topological polar surface area (TPSA) is 83.9 Å². The van der Waals surface area contributed by atoms with E-state index < -0.39 is 0 Å². The van der Waals surface area contributed by atoms with Crippen LogP contribution in [0.1, 0.15) is 45.5 Å². The Morgan fingerprint density at radius 1 is 0.705 bits per heavy atom. The first-order valence-electron chi connectivity index (χ1n) is 15.1. The van der Waals surface area contributed by atoms with Crippen LogP contribution < -0.4 is 18.9 Å². The van der Waals surface area contributed by atoms with Crippen molar-refractivity contribution in [2.45, 2.75) is 37.8 Å². The van der Waals surface area contributed by atoms with Crippen molar-refractivity contribution in [3.63, 3.8) is 0 Å². The molecule has 0 spiro atoms. The number of methoxy groups -OCH3 is 2. The molecule has 2 atom stereocenters. The highest BCUT2D eigenvalue weighted by molar-refractivity contribution is 5.62. The maximum atomic E-state index is 11.2. The highest BCUT2D eigenvalue weighted by Crippen LogP contribution is 2.50. The fourth-order valence-electron chi connectivity index (χ4n) is 6.95. The second kappa shape index (κ2) is 11.3. The fourth-order valence-corrected chi connectivity index (χ4v) is 6.95. The van der Waals surface area contributed by atoms with Gasteiger partial charge in [-0.2, -0.15) is 0 Å². The predicted molar refractivity (Wildman–Crippen MR) is 168 cm³/mol. The Bertz CT molecular complexity index is 1720. The maximum Gasteiger partial charge on any atom is 0.201 e. The Labute approximate surface area is 258 Å². The first-order valence-corrected chi connectivity index (χ1v) is 15.1. The molecule has 4 aliphatic rings. The van der Waals surface area contributed by atoms with Gasteiger partial charge in [-0.25, -0.2) is 0 Å². The van der Waals surface area contributed by atoms with Crippen LogP contribution in [0, 0.1) is 0 Å². The van der Waals surface area contributed by atoms with Crippen molar-refractivity contribution in [2.24, 2.45) is 0 Å². The summed E-state index contributed by atoms with van der Waals surface area (Å²) in [7, 11) is 7.53. The van der Waals surface area contributed by atoms with Gasteiger partial charge in [0.05, 0.1) is 14.2 Å². The van der Waals surface area contributed by atoms with E-state index in [-0.39, 0.29) is 23.6 Å². The van der Waals surface area contributed by atoms with Crippen LogP contribution in [0.4, 0.5) is 0 Å². The van der Waals surface area contributed by atoms with E-state index in [4.69, 9.17) is 18.9 Å². The van der Waals surface area contributed by atoms with Crippen molar-refractivity contribution >= 4 is 0 Å². The summed E-state index contributed by atoms with van der Waals surface area (Å²) in [5.41, 5.74) is 6.44. The number of aromatic hydroxyl groups is 2. The molecule has 0 radical (unpaired) electrons. The van der Waals surface area contributed by atoms with E-state index in [9.17, 15) is 10.2 Å². The lowest BCUT2D eigenvalue weighted by molar-refractivity contribution is 0.224. The van der Waals surface area contributed by atoms with E-state index in [1.54, 1.807) is 20.3 Å². The van der Waals surface area contributed by atoms with E-state index in [1.165, 1.54) is 5.56 Å². The number of benzene rings is 4. The molecule has 10 bridgehead atoms. The number of rotatable bonds is 2.